The molecule has 1 aliphatic heterocycles. The number of hydrogen-bond acceptors (Lipinski definition) is 3. The topological polar surface area (TPSA) is 55.4 Å². The van der Waals surface area contributed by atoms with E-state index >= 15 is 0 Å². The number of nitrogens with two attached hydrogens (primary N) is 1. The van der Waals surface area contributed by atoms with Crippen molar-refractivity contribution in [2.75, 3.05) is 0 Å². The van der Waals surface area contributed by atoms with Gasteiger partial charge in [-0.1, -0.05) is 41.6 Å². The number of thioether (sulfide) groups is 1. The third-order valence-electron chi connectivity index (χ3n) is 2.26. The fraction of sp³-hybridized carbons (Fsp3) is 0.273. The highest BCUT2D eigenvalue weighted by molar-refractivity contribution is 8.15. The van der Waals surface area contributed by atoms with E-state index in [1.807, 2.05) is 25.1 Å². The Hall–Kier alpha value is -1.00. The molecule has 0 saturated heterocycles. The van der Waals surface area contributed by atoms with Crippen molar-refractivity contribution < 1.29 is 17.2 Å². The second kappa shape index (κ2) is 5.37. The summed E-state index contributed by atoms with van der Waals surface area (Å²) in [7, 11) is 0. The molecule has 0 aliphatic carbocycles. The molecule has 3 nitrogen and oxygen atoms in total. The lowest BCUT2D eigenvalue weighted by Crippen LogP contribution is -3.00. The molecule has 1 amide bonds. The van der Waals surface area contributed by atoms with Gasteiger partial charge in [-0.05, 0) is 18.9 Å². The standard InChI is InChI=1S/C11H12N2OS.ClH/c1-7-3-2-4-8(5-7)6-9-10(14)13-11(12)15-9;/h2-5,9H,6H2,1H3,(H2,12,13,14);1H/p-1. The lowest BCUT2D eigenvalue weighted by atomic mass is 10.1. The first kappa shape index (κ1) is 13.1. The summed E-state index contributed by atoms with van der Waals surface area (Å²) in [6, 6.07) is 8.15. The SMILES string of the molecule is Cc1cccc(CC2SC(N)=NC2=O)c1.[Cl-]. The molecule has 0 spiro atoms. The minimum Gasteiger partial charge on any atom is -1.00 e. The summed E-state index contributed by atoms with van der Waals surface area (Å²) >= 11 is 1.35. The van der Waals surface area contributed by atoms with E-state index in [9.17, 15) is 4.79 Å². The summed E-state index contributed by atoms with van der Waals surface area (Å²) in [5, 5.41) is 0.254. The number of carbonyl (C=O) groups is 1. The minimum atomic E-state index is -0.133. The van der Waals surface area contributed by atoms with Crippen molar-refractivity contribution in [1.29, 1.82) is 0 Å². The molecule has 1 aromatic carbocycles. The molecular formula is C11H12ClN2OS-. The number of aryl methyl sites for hydroxylation is 1. The van der Waals surface area contributed by atoms with E-state index in [-0.39, 0.29) is 23.6 Å². The molecule has 0 bridgehead atoms. The fourth-order valence-corrected chi connectivity index (χ4v) is 2.45. The van der Waals surface area contributed by atoms with Gasteiger partial charge in [-0.3, -0.25) is 4.79 Å². The first-order valence-electron chi connectivity index (χ1n) is 4.75. The van der Waals surface area contributed by atoms with Gasteiger partial charge in [-0.15, -0.1) is 0 Å². The highest BCUT2D eigenvalue weighted by atomic mass is 35.5. The van der Waals surface area contributed by atoms with Crippen LogP contribution in [0.1, 0.15) is 11.1 Å². The Morgan fingerprint density at radius 3 is 2.81 bits per heavy atom. The smallest absolute Gasteiger partial charge is 0.261 e. The third-order valence-corrected chi connectivity index (χ3v) is 3.25. The third kappa shape index (κ3) is 3.00. The predicted molar refractivity (Wildman–Crippen MR) is 62.9 cm³/mol. The van der Waals surface area contributed by atoms with Gasteiger partial charge in [0.25, 0.3) is 5.91 Å². The lowest BCUT2D eigenvalue weighted by molar-refractivity contribution is -0.117. The van der Waals surface area contributed by atoms with Crippen molar-refractivity contribution in [2.24, 2.45) is 10.7 Å². The number of halogens is 1. The Morgan fingerprint density at radius 2 is 2.25 bits per heavy atom. The molecular weight excluding hydrogens is 244 g/mol. The molecule has 16 heavy (non-hydrogen) atoms. The summed E-state index contributed by atoms with van der Waals surface area (Å²) in [5.41, 5.74) is 7.85. The second-order valence-electron chi connectivity index (χ2n) is 3.59. The van der Waals surface area contributed by atoms with Gasteiger partial charge < -0.3 is 18.1 Å². The molecule has 1 aromatic rings. The maximum absolute atomic E-state index is 11.4. The normalized spacial score (nSPS) is 19.2. The van der Waals surface area contributed by atoms with E-state index < -0.39 is 0 Å². The van der Waals surface area contributed by atoms with Gasteiger partial charge in [0.2, 0.25) is 0 Å². The molecule has 5 heteroatoms. The number of amides is 1. The molecule has 0 radical (unpaired) electrons. The van der Waals surface area contributed by atoms with Gasteiger partial charge in [0, 0.05) is 0 Å². The van der Waals surface area contributed by atoms with E-state index in [2.05, 4.69) is 11.1 Å². The summed E-state index contributed by atoms with van der Waals surface area (Å²) in [5.74, 6) is -0.112. The van der Waals surface area contributed by atoms with E-state index in [0.29, 0.717) is 11.6 Å². The molecule has 2 N–H and O–H groups in total. The van der Waals surface area contributed by atoms with Crippen LogP contribution in [0.25, 0.3) is 0 Å². The highest BCUT2D eigenvalue weighted by Gasteiger charge is 2.26. The zero-order valence-corrected chi connectivity index (χ0v) is 10.4. The number of hydrogen-bond donors (Lipinski definition) is 1. The molecule has 86 valence electrons. The number of aliphatic imine (C=N–C) groups is 1. The van der Waals surface area contributed by atoms with E-state index in [1.165, 1.54) is 17.3 Å². The molecule has 1 aliphatic rings. The molecule has 0 fully saturated rings. The van der Waals surface area contributed by atoms with Crippen LogP contribution < -0.4 is 18.1 Å². The van der Waals surface area contributed by atoms with Crippen molar-refractivity contribution in [3.8, 4) is 0 Å². The Balaban J connectivity index is 0.00000128. The number of benzene rings is 1. The summed E-state index contributed by atoms with van der Waals surface area (Å²) in [6.07, 6.45) is 0.704. The largest absolute Gasteiger partial charge is 1.00 e. The quantitative estimate of drug-likeness (QED) is 0.700. The minimum absolute atomic E-state index is 0. The lowest BCUT2D eigenvalue weighted by Gasteiger charge is -2.06. The van der Waals surface area contributed by atoms with Crippen molar-refractivity contribution in [3.05, 3.63) is 35.4 Å². The average Bonchev–Trinajstić information content (AvgIpc) is 2.45. The van der Waals surface area contributed by atoms with Crippen LogP contribution in [-0.4, -0.2) is 16.3 Å². The van der Waals surface area contributed by atoms with Crippen LogP contribution in [0.15, 0.2) is 29.3 Å². The number of amidine groups is 1. The Morgan fingerprint density at radius 1 is 1.50 bits per heavy atom. The average molecular weight is 256 g/mol. The summed E-state index contributed by atoms with van der Waals surface area (Å²) in [4.78, 5) is 15.1. The molecule has 1 unspecified atom stereocenters. The van der Waals surface area contributed by atoms with Crippen LogP contribution in [-0.2, 0) is 11.2 Å². The first-order valence-corrected chi connectivity index (χ1v) is 5.63. The highest BCUT2D eigenvalue weighted by Crippen LogP contribution is 2.23. The van der Waals surface area contributed by atoms with Gasteiger partial charge >= 0.3 is 0 Å². The number of nitrogens with zero attached hydrogens (tertiary/aromatic N) is 1. The van der Waals surface area contributed by atoms with Crippen molar-refractivity contribution in [2.45, 2.75) is 18.6 Å². The zero-order valence-electron chi connectivity index (χ0n) is 8.81. The van der Waals surface area contributed by atoms with E-state index in [0.717, 1.165) is 5.56 Å². The van der Waals surface area contributed by atoms with E-state index in [1.54, 1.807) is 0 Å². The van der Waals surface area contributed by atoms with Crippen LogP contribution >= 0.6 is 11.8 Å². The Labute approximate surface area is 105 Å². The van der Waals surface area contributed by atoms with Gasteiger partial charge in [0.05, 0.1) is 5.25 Å². The summed E-state index contributed by atoms with van der Waals surface area (Å²) in [6.45, 7) is 2.04. The Kier molecular flexibility index (Phi) is 4.38. The predicted octanol–water partition coefficient (Wildman–Crippen LogP) is -1.50. The first-order chi connectivity index (χ1) is 7.15. The Bertz CT molecular complexity index is 434. The fourth-order valence-electron chi connectivity index (χ4n) is 1.59. The molecule has 1 atom stereocenters. The molecule has 0 aromatic heterocycles. The zero-order chi connectivity index (χ0) is 10.8. The van der Waals surface area contributed by atoms with Gasteiger partial charge in [0.1, 0.15) is 0 Å². The van der Waals surface area contributed by atoms with Crippen molar-refractivity contribution >= 4 is 22.8 Å². The van der Waals surface area contributed by atoms with Crippen LogP contribution in [0.3, 0.4) is 0 Å². The van der Waals surface area contributed by atoms with Gasteiger partial charge in [-0.25, -0.2) is 0 Å². The van der Waals surface area contributed by atoms with Gasteiger partial charge in [0.15, 0.2) is 5.17 Å². The summed E-state index contributed by atoms with van der Waals surface area (Å²) < 4.78 is 0. The number of carbonyl (C=O) groups excluding carboxylic acids is 1. The van der Waals surface area contributed by atoms with Crippen LogP contribution in [0, 0.1) is 6.92 Å². The van der Waals surface area contributed by atoms with Gasteiger partial charge in [-0.2, -0.15) is 4.99 Å². The molecule has 1 heterocycles. The van der Waals surface area contributed by atoms with Crippen LogP contribution in [0.4, 0.5) is 0 Å². The van der Waals surface area contributed by atoms with Crippen molar-refractivity contribution in [1.82, 2.24) is 0 Å². The molecule has 0 saturated carbocycles. The van der Waals surface area contributed by atoms with Crippen LogP contribution in [0.5, 0.6) is 0 Å². The monoisotopic (exact) mass is 255 g/mol. The van der Waals surface area contributed by atoms with Crippen LogP contribution in [0.2, 0.25) is 0 Å². The second-order valence-corrected chi connectivity index (χ2v) is 4.81. The number of rotatable bonds is 2. The maximum atomic E-state index is 11.4. The van der Waals surface area contributed by atoms with E-state index in [4.69, 9.17) is 5.73 Å². The van der Waals surface area contributed by atoms with Crippen molar-refractivity contribution in [3.63, 3.8) is 0 Å². The molecule has 2 rings (SSSR count). The maximum Gasteiger partial charge on any atom is 0.261 e.